The fraction of sp³-hybridized carbons (Fsp3) is 0.800. The molecule has 2 unspecified atom stereocenters. The van der Waals surface area contributed by atoms with Crippen molar-refractivity contribution in [1.82, 2.24) is 10.2 Å². The summed E-state index contributed by atoms with van der Waals surface area (Å²) >= 11 is 0. The Hall–Kier alpha value is -1.26. The zero-order valence-electron chi connectivity index (χ0n) is 9.07. The van der Waals surface area contributed by atoms with Gasteiger partial charge in [0.1, 0.15) is 0 Å². The Labute approximate surface area is 89.4 Å². The van der Waals surface area contributed by atoms with Gasteiger partial charge in [0.2, 0.25) is 0 Å². The molecule has 0 spiro atoms. The van der Waals surface area contributed by atoms with E-state index in [1.165, 1.54) is 25.7 Å². The van der Waals surface area contributed by atoms with Gasteiger partial charge in [0.15, 0.2) is 0 Å². The number of nitrogens with two attached hydrogens (primary N) is 1. The fourth-order valence-electron chi connectivity index (χ4n) is 2.22. The van der Waals surface area contributed by atoms with Crippen molar-refractivity contribution in [2.45, 2.75) is 32.6 Å². The van der Waals surface area contributed by atoms with E-state index < -0.39 is 0 Å². The molecule has 1 saturated carbocycles. The van der Waals surface area contributed by atoms with Gasteiger partial charge in [-0.3, -0.25) is 0 Å². The van der Waals surface area contributed by atoms with E-state index in [-0.39, 0.29) is 6.01 Å². The molecular formula is C10H18N4O. The molecule has 2 rings (SSSR count). The van der Waals surface area contributed by atoms with Crippen LogP contribution in [0.2, 0.25) is 0 Å². The van der Waals surface area contributed by atoms with Crippen molar-refractivity contribution in [2.24, 2.45) is 11.8 Å². The number of rotatable bonds is 3. The average molecular weight is 210 g/mol. The Morgan fingerprint density at radius 3 is 2.87 bits per heavy atom. The van der Waals surface area contributed by atoms with Crippen molar-refractivity contribution >= 4 is 12.0 Å². The predicted molar refractivity (Wildman–Crippen MR) is 58.3 cm³/mol. The Morgan fingerprint density at radius 1 is 1.40 bits per heavy atom. The van der Waals surface area contributed by atoms with Crippen molar-refractivity contribution in [3.05, 3.63) is 0 Å². The lowest BCUT2D eigenvalue weighted by molar-refractivity contribution is 0.267. The van der Waals surface area contributed by atoms with Crippen LogP contribution in [0.15, 0.2) is 4.42 Å². The minimum absolute atomic E-state index is 0.120. The number of nitrogens with one attached hydrogen (secondary N) is 1. The number of nitrogens with zero attached hydrogens (tertiary/aromatic N) is 2. The highest BCUT2D eigenvalue weighted by Gasteiger charge is 2.21. The Bertz CT molecular complexity index is 312. The van der Waals surface area contributed by atoms with E-state index in [0.717, 1.165) is 12.5 Å². The molecule has 5 heteroatoms. The smallest absolute Gasteiger partial charge is 0.316 e. The molecule has 5 nitrogen and oxygen atoms in total. The third-order valence-electron chi connectivity index (χ3n) is 3.25. The lowest BCUT2D eigenvalue weighted by atomic mass is 9.80. The second kappa shape index (κ2) is 4.51. The van der Waals surface area contributed by atoms with Gasteiger partial charge < -0.3 is 15.5 Å². The summed E-state index contributed by atoms with van der Waals surface area (Å²) in [6.45, 7) is 3.22. The first kappa shape index (κ1) is 10.3. The van der Waals surface area contributed by atoms with Gasteiger partial charge in [-0.15, -0.1) is 0 Å². The monoisotopic (exact) mass is 210 g/mol. The SMILES string of the molecule is CC1CCCCC1CNc1nnc(N)o1. The minimum atomic E-state index is 0.120. The van der Waals surface area contributed by atoms with E-state index in [9.17, 15) is 0 Å². The molecule has 1 fully saturated rings. The molecule has 0 amide bonds. The molecular weight excluding hydrogens is 192 g/mol. The summed E-state index contributed by atoms with van der Waals surface area (Å²) in [7, 11) is 0. The summed E-state index contributed by atoms with van der Waals surface area (Å²) in [5.41, 5.74) is 5.33. The molecule has 0 radical (unpaired) electrons. The van der Waals surface area contributed by atoms with Crippen molar-refractivity contribution in [2.75, 3.05) is 17.6 Å². The number of anilines is 2. The normalized spacial score (nSPS) is 26.5. The van der Waals surface area contributed by atoms with E-state index in [1.54, 1.807) is 0 Å². The zero-order valence-corrected chi connectivity index (χ0v) is 9.07. The van der Waals surface area contributed by atoms with E-state index in [4.69, 9.17) is 10.2 Å². The van der Waals surface area contributed by atoms with Gasteiger partial charge >= 0.3 is 12.0 Å². The van der Waals surface area contributed by atoms with Crippen LogP contribution in [-0.4, -0.2) is 16.7 Å². The van der Waals surface area contributed by atoms with Crippen LogP contribution >= 0.6 is 0 Å². The Balaban J connectivity index is 1.81. The lowest BCUT2D eigenvalue weighted by Crippen LogP contribution is -2.24. The van der Waals surface area contributed by atoms with Crippen molar-refractivity contribution in [3.8, 4) is 0 Å². The molecule has 0 aromatic carbocycles. The molecule has 2 atom stereocenters. The largest absolute Gasteiger partial charge is 0.390 e. The summed E-state index contributed by atoms with van der Waals surface area (Å²) in [4.78, 5) is 0. The first-order valence-electron chi connectivity index (χ1n) is 5.58. The summed E-state index contributed by atoms with van der Waals surface area (Å²) < 4.78 is 5.05. The fourth-order valence-corrected chi connectivity index (χ4v) is 2.22. The van der Waals surface area contributed by atoms with Crippen LogP contribution < -0.4 is 11.1 Å². The van der Waals surface area contributed by atoms with Crippen LogP contribution in [0, 0.1) is 11.8 Å². The van der Waals surface area contributed by atoms with E-state index >= 15 is 0 Å². The van der Waals surface area contributed by atoms with Gasteiger partial charge in [-0.1, -0.05) is 36.4 Å². The Morgan fingerprint density at radius 2 is 2.20 bits per heavy atom. The number of aromatic nitrogens is 2. The van der Waals surface area contributed by atoms with Crippen LogP contribution in [-0.2, 0) is 0 Å². The van der Waals surface area contributed by atoms with Crippen molar-refractivity contribution in [3.63, 3.8) is 0 Å². The highest BCUT2D eigenvalue weighted by molar-refractivity contribution is 5.22. The molecule has 0 saturated heterocycles. The molecule has 1 aliphatic rings. The number of hydrogen-bond donors (Lipinski definition) is 2. The summed E-state index contributed by atoms with van der Waals surface area (Å²) in [5.74, 6) is 1.50. The maximum absolute atomic E-state index is 5.33. The average Bonchev–Trinajstić information content (AvgIpc) is 2.63. The maximum Gasteiger partial charge on any atom is 0.316 e. The minimum Gasteiger partial charge on any atom is -0.390 e. The molecule has 1 aromatic heterocycles. The highest BCUT2D eigenvalue weighted by Crippen LogP contribution is 2.29. The van der Waals surface area contributed by atoms with Crippen LogP contribution in [0.5, 0.6) is 0 Å². The number of nitrogen functional groups attached to an aromatic ring is 1. The van der Waals surface area contributed by atoms with Crippen LogP contribution in [0.1, 0.15) is 32.6 Å². The van der Waals surface area contributed by atoms with Gasteiger partial charge in [0.25, 0.3) is 0 Å². The van der Waals surface area contributed by atoms with Gasteiger partial charge in [-0.2, -0.15) is 0 Å². The standard InChI is InChI=1S/C10H18N4O/c1-7-4-2-3-5-8(7)6-12-10-14-13-9(11)15-10/h7-8H,2-6H2,1H3,(H2,11,13)(H,12,14). The third-order valence-corrected chi connectivity index (χ3v) is 3.25. The molecule has 84 valence electrons. The second-order valence-electron chi connectivity index (χ2n) is 4.35. The van der Waals surface area contributed by atoms with Gasteiger partial charge in [-0.25, -0.2) is 0 Å². The molecule has 1 heterocycles. The topological polar surface area (TPSA) is 77.0 Å². The summed E-state index contributed by atoms with van der Waals surface area (Å²) in [5, 5.41) is 10.5. The van der Waals surface area contributed by atoms with Crippen LogP contribution in [0.4, 0.5) is 12.0 Å². The lowest BCUT2D eigenvalue weighted by Gasteiger charge is -2.28. The van der Waals surface area contributed by atoms with E-state index in [2.05, 4.69) is 22.4 Å². The Kier molecular flexibility index (Phi) is 3.08. The molecule has 0 aliphatic heterocycles. The van der Waals surface area contributed by atoms with Crippen molar-refractivity contribution < 1.29 is 4.42 Å². The zero-order chi connectivity index (χ0) is 10.7. The maximum atomic E-state index is 5.33. The number of hydrogen-bond acceptors (Lipinski definition) is 5. The summed E-state index contributed by atoms with van der Waals surface area (Å²) in [6.07, 6.45) is 5.32. The van der Waals surface area contributed by atoms with Crippen molar-refractivity contribution in [1.29, 1.82) is 0 Å². The van der Waals surface area contributed by atoms with Gasteiger partial charge in [0.05, 0.1) is 0 Å². The first-order valence-corrected chi connectivity index (χ1v) is 5.58. The summed E-state index contributed by atoms with van der Waals surface area (Å²) in [6, 6.07) is 0.555. The van der Waals surface area contributed by atoms with Gasteiger partial charge in [-0.05, 0) is 18.3 Å². The van der Waals surface area contributed by atoms with Gasteiger partial charge in [0, 0.05) is 6.54 Å². The van der Waals surface area contributed by atoms with Crippen LogP contribution in [0.3, 0.4) is 0 Å². The first-order chi connectivity index (χ1) is 7.25. The molecule has 1 aliphatic carbocycles. The predicted octanol–water partition coefficient (Wildman–Crippen LogP) is 1.89. The highest BCUT2D eigenvalue weighted by atomic mass is 16.4. The molecule has 1 aromatic rings. The molecule has 15 heavy (non-hydrogen) atoms. The van der Waals surface area contributed by atoms with E-state index in [1.807, 2.05) is 0 Å². The molecule has 0 bridgehead atoms. The second-order valence-corrected chi connectivity index (χ2v) is 4.35. The third kappa shape index (κ3) is 2.61. The van der Waals surface area contributed by atoms with Crippen LogP contribution in [0.25, 0.3) is 0 Å². The quantitative estimate of drug-likeness (QED) is 0.796. The van der Waals surface area contributed by atoms with E-state index in [0.29, 0.717) is 11.9 Å². The molecule has 3 N–H and O–H groups in total.